The third kappa shape index (κ3) is 39.6. The SMILES string of the molecule is CCCCCCCC/C=C\C/C=C\C/C=C\CCCC(=O)OC[C@H](COP(=O)(O)OC[C@H](N)C(=O)O)OC(=O)CCC/C=C\C/C=C\C/C=C\C=C\C(=O)CCCCC. The average Bonchev–Trinajstić information content (AvgIpc) is 3.20. The van der Waals surface area contributed by atoms with Gasteiger partial charge in [0.15, 0.2) is 11.9 Å². The van der Waals surface area contributed by atoms with E-state index in [1.807, 2.05) is 48.6 Å². The van der Waals surface area contributed by atoms with Crippen molar-refractivity contribution in [3.05, 3.63) is 85.1 Å². The minimum absolute atomic E-state index is 0.0439. The summed E-state index contributed by atoms with van der Waals surface area (Å²) >= 11 is 0. The van der Waals surface area contributed by atoms with Crippen molar-refractivity contribution < 1.29 is 52.3 Å². The van der Waals surface area contributed by atoms with Gasteiger partial charge in [-0.1, -0.05) is 138 Å². The topological polar surface area (TPSA) is 189 Å². The molecule has 0 rings (SSSR count). The molecule has 0 radical (unpaired) electrons. The van der Waals surface area contributed by atoms with E-state index in [2.05, 4.69) is 42.7 Å². The predicted octanol–water partition coefficient (Wildman–Crippen LogP) is 10.7. The molecule has 3 atom stereocenters. The van der Waals surface area contributed by atoms with Crippen LogP contribution in [0.2, 0.25) is 0 Å². The number of carbonyl (C=O) groups is 4. The molecular formula is C46H74NO11P. The third-order valence-corrected chi connectivity index (χ3v) is 9.54. The monoisotopic (exact) mass is 847 g/mol. The highest BCUT2D eigenvalue weighted by molar-refractivity contribution is 7.47. The van der Waals surface area contributed by atoms with Gasteiger partial charge >= 0.3 is 25.7 Å². The molecule has 0 bridgehead atoms. The van der Waals surface area contributed by atoms with Crippen LogP contribution >= 0.6 is 7.82 Å². The molecule has 13 heteroatoms. The van der Waals surface area contributed by atoms with Gasteiger partial charge in [-0.25, -0.2) is 4.57 Å². The molecule has 0 aromatic rings. The van der Waals surface area contributed by atoms with E-state index in [4.69, 9.17) is 24.8 Å². The maximum absolute atomic E-state index is 12.6. The van der Waals surface area contributed by atoms with Gasteiger partial charge in [-0.2, -0.15) is 0 Å². The molecule has 334 valence electrons. The van der Waals surface area contributed by atoms with E-state index in [0.29, 0.717) is 32.1 Å². The van der Waals surface area contributed by atoms with Crippen molar-refractivity contribution in [1.29, 1.82) is 0 Å². The van der Waals surface area contributed by atoms with E-state index in [1.165, 1.54) is 38.5 Å². The maximum Gasteiger partial charge on any atom is 0.472 e. The molecule has 0 aliphatic rings. The first-order valence-corrected chi connectivity index (χ1v) is 23.1. The molecular weight excluding hydrogens is 773 g/mol. The molecule has 0 aliphatic heterocycles. The van der Waals surface area contributed by atoms with E-state index in [-0.39, 0.29) is 18.6 Å². The Kier molecular flexibility index (Phi) is 37.3. The minimum atomic E-state index is -4.76. The number of unbranched alkanes of at least 4 members (excludes halogenated alkanes) is 10. The molecule has 0 aromatic heterocycles. The molecule has 0 fully saturated rings. The summed E-state index contributed by atoms with van der Waals surface area (Å²) in [7, 11) is -4.76. The number of hydrogen-bond acceptors (Lipinski definition) is 10. The minimum Gasteiger partial charge on any atom is -0.480 e. The fourth-order valence-corrected chi connectivity index (χ4v) is 5.92. The normalized spacial score (nSPS) is 14.4. The van der Waals surface area contributed by atoms with E-state index in [0.717, 1.165) is 51.4 Å². The molecule has 0 aliphatic carbocycles. The molecule has 0 aromatic carbocycles. The largest absolute Gasteiger partial charge is 0.480 e. The van der Waals surface area contributed by atoms with Crippen LogP contribution in [0, 0.1) is 0 Å². The maximum atomic E-state index is 12.6. The number of ether oxygens (including phenoxy) is 2. The van der Waals surface area contributed by atoms with Gasteiger partial charge in [0, 0.05) is 19.3 Å². The smallest absolute Gasteiger partial charge is 0.472 e. The fraction of sp³-hybridized carbons (Fsp3) is 0.609. The van der Waals surface area contributed by atoms with E-state index in [9.17, 15) is 28.6 Å². The lowest BCUT2D eigenvalue weighted by molar-refractivity contribution is -0.161. The van der Waals surface area contributed by atoms with Crippen LogP contribution in [-0.2, 0) is 42.3 Å². The molecule has 0 spiro atoms. The number of carbonyl (C=O) groups excluding carboxylic acids is 3. The van der Waals surface area contributed by atoms with Gasteiger partial charge in [0.25, 0.3) is 0 Å². The third-order valence-electron chi connectivity index (χ3n) is 8.59. The van der Waals surface area contributed by atoms with Crippen molar-refractivity contribution in [2.24, 2.45) is 5.73 Å². The van der Waals surface area contributed by atoms with Gasteiger partial charge in [-0.05, 0) is 76.7 Å². The van der Waals surface area contributed by atoms with Gasteiger partial charge in [0.05, 0.1) is 13.2 Å². The van der Waals surface area contributed by atoms with Gasteiger partial charge in [-0.15, -0.1) is 0 Å². The lowest BCUT2D eigenvalue weighted by Crippen LogP contribution is -2.34. The van der Waals surface area contributed by atoms with Crippen molar-refractivity contribution >= 4 is 31.5 Å². The Balaban J connectivity index is 4.61. The number of phosphoric ester groups is 1. The van der Waals surface area contributed by atoms with Crippen molar-refractivity contribution in [2.75, 3.05) is 19.8 Å². The second-order valence-electron chi connectivity index (χ2n) is 14.2. The van der Waals surface area contributed by atoms with Crippen LogP contribution in [0.1, 0.15) is 149 Å². The molecule has 0 amide bonds. The summed E-state index contributed by atoms with van der Waals surface area (Å²) in [6, 6.07) is -1.55. The molecule has 1 unspecified atom stereocenters. The van der Waals surface area contributed by atoms with E-state index in [1.54, 1.807) is 12.2 Å². The Morgan fingerprint density at radius 1 is 0.576 bits per heavy atom. The van der Waals surface area contributed by atoms with Gasteiger partial charge in [0.2, 0.25) is 0 Å². The first-order chi connectivity index (χ1) is 28.5. The zero-order valence-electron chi connectivity index (χ0n) is 35.8. The summed E-state index contributed by atoms with van der Waals surface area (Å²) in [6.07, 6.45) is 45.1. The van der Waals surface area contributed by atoms with Gasteiger partial charge in [0.1, 0.15) is 12.6 Å². The highest BCUT2D eigenvalue weighted by Gasteiger charge is 2.28. The number of ketones is 1. The predicted molar refractivity (Wildman–Crippen MR) is 235 cm³/mol. The Morgan fingerprint density at radius 2 is 1.07 bits per heavy atom. The van der Waals surface area contributed by atoms with Crippen LogP contribution in [-0.4, -0.2) is 65.7 Å². The van der Waals surface area contributed by atoms with Crippen LogP contribution in [0.15, 0.2) is 85.1 Å². The molecule has 4 N–H and O–H groups in total. The first-order valence-electron chi connectivity index (χ1n) is 21.6. The number of hydrogen-bond donors (Lipinski definition) is 3. The Hall–Kier alpha value is -3.67. The molecule has 12 nitrogen and oxygen atoms in total. The quantitative estimate of drug-likeness (QED) is 0.0133. The number of carboxylic acid groups (broad SMARTS) is 1. The summed E-state index contributed by atoms with van der Waals surface area (Å²) in [6.45, 7) is 2.49. The van der Waals surface area contributed by atoms with E-state index >= 15 is 0 Å². The summed E-state index contributed by atoms with van der Waals surface area (Å²) in [5.41, 5.74) is 5.32. The molecule has 59 heavy (non-hydrogen) atoms. The number of phosphoric acid groups is 1. The molecule has 0 saturated carbocycles. The number of rotatable bonds is 39. The van der Waals surface area contributed by atoms with E-state index < -0.39 is 57.7 Å². The lowest BCUT2D eigenvalue weighted by atomic mass is 10.1. The number of nitrogens with two attached hydrogens (primary N) is 1. The molecule has 0 saturated heterocycles. The van der Waals surface area contributed by atoms with Crippen LogP contribution in [0.3, 0.4) is 0 Å². The van der Waals surface area contributed by atoms with Crippen molar-refractivity contribution in [3.63, 3.8) is 0 Å². The van der Waals surface area contributed by atoms with Gasteiger partial charge < -0.3 is 25.2 Å². The standard InChI is InChI=1S/C46H74NO11P/c1-3-5-7-8-9-10-11-12-13-14-15-16-19-22-25-28-32-36-44(49)55-38-42(39-56-59(53,54)57-40-43(47)46(51)52)58-45(50)37-33-29-26-23-20-17-18-21-24-27-31-35-41(48)34-30-6-4-2/h12-13,15-18,22-27,31,35,42-43H,3-11,14,19-21,28-30,32-34,36-40,47H2,1-2H3,(H,51,52)(H,53,54)/b13-12-,16-15-,18-17-,25-22-,26-23-,27-24-,35-31+/t42-,43+/m1/s1. The zero-order chi connectivity index (χ0) is 43.7. The lowest BCUT2D eigenvalue weighted by Gasteiger charge is -2.20. The van der Waals surface area contributed by atoms with Crippen LogP contribution in [0.25, 0.3) is 0 Å². The Labute approximate surface area is 354 Å². The van der Waals surface area contributed by atoms with Crippen LogP contribution in [0.5, 0.6) is 0 Å². The second-order valence-corrected chi connectivity index (χ2v) is 15.6. The van der Waals surface area contributed by atoms with Gasteiger partial charge in [-0.3, -0.25) is 28.2 Å². The highest BCUT2D eigenvalue weighted by Crippen LogP contribution is 2.43. The Bertz CT molecular complexity index is 1380. The van der Waals surface area contributed by atoms with Crippen LogP contribution < -0.4 is 5.73 Å². The van der Waals surface area contributed by atoms with Crippen molar-refractivity contribution in [2.45, 2.75) is 161 Å². The Morgan fingerprint density at radius 3 is 1.66 bits per heavy atom. The summed E-state index contributed by atoms with van der Waals surface area (Å²) in [4.78, 5) is 57.6. The number of aliphatic carboxylic acids is 1. The fourth-order valence-electron chi connectivity index (χ4n) is 5.14. The number of esters is 2. The number of carboxylic acids is 1. The second kappa shape index (κ2) is 39.8. The first kappa shape index (κ1) is 55.3. The zero-order valence-corrected chi connectivity index (χ0v) is 36.7. The molecule has 0 heterocycles. The summed E-state index contributed by atoms with van der Waals surface area (Å²) < 4.78 is 32.5. The van der Waals surface area contributed by atoms with Crippen molar-refractivity contribution in [3.8, 4) is 0 Å². The summed E-state index contributed by atoms with van der Waals surface area (Å²) in [5, 5.41) is 8.88. The summed E-state index contributed by atoms with van der Waals surface area (Å²) in [5.74, 6) is -2.43. The van der Waals surface area contributed by atoms with Crippen molar-refractivity contribution in [1.82, 2.24) is 0 Å². The van der Waals surface area contributed by atoms with Crippen LogP contribution in [0.4, 0.5) is 0 Å². The number of allylic oxidation sites excluding steroid dienone is 14. The highest BCUT2D eigenvalue weighted by atomic mass is 31.2. The average molecular weight is 848 g/mol.